The summed E-state index contributed by atoms with van der Waals surface area (Å²) in [6.07, 6.45) is 10.4. The minimum atomic E-state index is -0.877. The molecule has 0 aromatic heterocycles. The molecule has 0 spiro atoms. The molecule has 0 saturated heterocycles. The molecule has 0 bridgehead atoms. The number of carbonyl (C=O) groups excluding carboxylic acids is 1. The highest BCUT2D eigenvalue weighted by molar-refractivity contribution is 5.65. The second kappa shape index (κ2) is 8.54. The Morgan fingerprint density at radius 3 is 2.30 bits per heavy atom. The molecule has 210 valence electrons. The number of hydrogen-bond donors (Lipinski definition) is 3. The molecule has 0 unspecified atom stereocenters. The molecule has 0 aliphatic heterocycles. The predicted octanol–water partition coefficient (Wildman–Crippen LogP) is 5.66. The largest absolute Gasteiger partial charge is 0.465 e. The number of esters is 1. The van der Waals surface area contributed by atoms with Crippen molar-refractivity contribution in [1.29, 1.82) is 0 Å². The Bertz CT molecular complexity index is 976. The van der Waals surface area contributed by atoms with E-state index in [0.717, 1.165) is 32.1 Å². The topological polar surface area (TPSA) is 87.0 Å². The Morgan fingerprint density at radius 1 is 0.973 bits per heavy atom. The highest BCUT2D eigenvalue weighted by Crippen LogP contribution is 2.75. The Kier molecular flexibility index (Phi) is 6.38. The van der Waals surface area contributed by atoms with E-state index in [9.17, 15) is 20.1 Å². The minimum absolute atomic E-state index is 0.0168. The number of aliphatic hydroxyl groups is 3. The lowest BCUT2D eigenvalue weighted by atomic mass is 9.33. The van der Waals surface area contributed by atoms with E-state index >= 15 is 0 Å². The molecule has 5 aliphatic rings. The van der Waals surface area contributed by atoms with Crippen molar-refractivity contribution >= 4 is 5.97 Å². The van der Waals surface area contributed by atoms with Crippen LogP contribution in [0.1, 0.15) is 106 Å². The fourth-order valence-electron chi connectivity index (χ4n) is 11.0. The van der Waals surface area contributed by atoms with E-state index in [1.54, 1.807) is 5.57 Å². The normalized spacial score (nSPS) is 55.2. The number of allylic oxidation sites excluding steroid dienone is 2. The predicted molar refractivity (Wildman–Crippen MR) is 144 cm³/mol. The van der Waals surface area contributed by atoms with Crippen LogP contribution in [-0.4, -0.2) is 46.7 Å². The van der Waals surface area contributed by atoms with Gasteiger partial charge >= 0.3 is 5.97 Å². The molecule has 3 N–H and O–H groups in total. The first-order valence-electron chi connectivity index (χ1n) is 14.9. The van der Waals surface area contributed by atoms with Crippen LogP contribution in [0.2, 0.25) is 0 Å². The summed E-state index contributed by atoms with van der Waals surface area (Å²) >= 11 is 0. The second-order valence-corrected chi connectivity index (χ2v) is 15.7. The molecule has 5 rings (SSSR count). The summed E-state index contributed by atoms with van der Waals surface area (Å²) in [5, 5.41) is 32.5. The van der Waals surface area contributed by atoms with E-state index < -0.39 is 17.6 Å². The van der Waals surface area contributed by atoms with Crippen LogP contribution in [0, 0.1) is 50.2 Å². The molecule has 4 saturated carbocycles. The van der Waals surface area contributed by atoms with Crippen molar-refractivity contribution in [3.05, 3.63) is 11.6 Å². The van der Waals surface area contributed by atoms with Crippen molar-refractivity contribution in [2.24, 2.45) is 50.2 Å². The van der Waals surface area contributed by atoms with Gasteiger partial charge in [-0.1, -0.05) is 53.2 Å². The lowest BCUT2D eigenvalue weighted by Gasteiger charge is -2.71. The maximum absolute atomic E-state index is 11.6. The monoisotopic (exact) mass is 516 g/mol. The van der Waals surface area contributed by atoms with Crippen molar-refractivity contribution in [3.63, 3.8) is 0 Å². The van der Waals surface area contributed by atoms with E-state index in [4.69, 9.17) is 4.74 Å². The van der Waals surface area contributed by atoms with Gasteiger partial charge in [0.2, 0.25) is 0 Å². The molecule has 4 fully saturated rings. The Morgan fingerprint density at radius 2 is 1.65 bits per heavy atom. The van der Waals surface area contributed by atoms with Crippen LogP contribution in [0.25, 0.3) is 0 Å². The molecular formula is C32H52O5. The van der Waals surface area contributed by atoms with Crippen LogP contribution in [0.3, 0.4) is 0 Å². The lowest BCUT2D eigenvalue weighted by Crippen LogP contribution is -2.67. The maximum Gasteiger partial charge on any atom is 0.302 e. The molecule has 5 aliphatic carbocycles. The Hall–Kier alpha value is -0.910. The highest BCUT2D eigenvalue weighted by Gasteiger charge is 2.69. The first-order chi connectivity index (χ1) is 17.1. The van der Waals surface area contributed by atoms with E-state index in [0.29, 0.717) is 30.3 Å². The molecule has 5 nitrogen and oxygen atoms in total. The SMILES string of the molecule is CC(=O)OC[C@@]1(C)CC[C@]2(C)CC[C@]3(C)C(=CC[C@@H]4[C@@]5(C)C[C@@H](O)[C@H](O)[C@](C)(CO)[C@@H]5CC[C@]43C)[C@@H]2C1. The van der Waals surface area contributed by atoms with E-state index in [1.807, 2.05) is 6.92 Å². The summed E-state index contributed by atoms with van der Waals surface area (Å²) in [5.74, 6) is 0.914. The van der Waals surface area contributed by atoms with E-state index in [2.05, 4.69) is 40.7 Å². The minimum Gasteiger partial charge on any atom is -0.465 e. The van der Waals surface area contributed by atoms with Crippen molar-refractivity contribution in [1.82, 2.24) is 0 Å². The standard InChI is InChI=1S/C32H52O5/c1-20(34)37-19-27(2)12-13-28(3)14-15-31(6)21(22(28)16-27)8-9-25-29(4)17-23(35)26(36)30(5,18-33)24(29)10-11-32(25,31)7/h8,22-26,33,35-36H,9-19H2,1-7H3/t22-,23+,24+,25+,26-,27-,28+,29-,30+,31+,32+/m0/s1. The van der Waals surface area contributed by atoms with Gasteiger partial charge in [0.05, 0.1) is 25.4 Å². The van der Waals surface area contributed by atoms with Crippen LogP contribution >= 0.6 is 0 Å². The first kappa shape index (κ1) is 27.6. The van der Waals surface area contributed by atoms with Gasteiger partial charge in [0.15, 0.2) is 0 Å². The average molecular weight is 517 g/mol. The molecule has 11 atom stereocenters. The third-order valence-corrected chi connectivity index (χ3v) is 13.6. The fourth-order valence-corrected chi connectivity index (χ4v) is 11.0. The zero-order valence-electron chi connectivity index (χ0n) is 24.4. The summed E-state index contributed by atoms with van der Waals surface area (Å²) < 4.78 is 5.56. The van der Waals surface area contributed by atoms with E-state index in [-0.39, 0.29) is 40.2 Å². The van der Waals surface area contributed by atoms with Gasteiger partial charge in [0.25, 0.3) is 0 Å². The van der Waals surface area contributed by atoms with Gasteiger partial charge in [-0.2, -0.15) is 0 Å². The van der Waals surface area contributed by atoms with Crippen LogP contribution in [-0.2, 0) is 9.53 Å². The lowest BCUT2D eigenvalue weighted by molar-refractivity contribution is -0.243. The molecule has 0 radical (unpaired) electrons. The molecule has 5 heteroatoms. The van der Waals surface area contributed by atoms with Crippen LogP contribution < -0.4 is 0 Å². The van der Waals surface area contributed by atoms with Gasteiger partial charge in [0, 0.05) is 17.8 Å². The van der Waals surface area contributed by atoms with Crippen LogP contribution in [0.5, 0.6) is 0 Å². The van der Waals surface area contributed by atoms with Crippen molar-refractivity contribution in [2.75, 3.05) is 13.2 Å². The van der Waals surface area contributed by atoms with Crippen molar-refractivity contribution in [3.8, 4) is 0 Å². The summed E-state index contributed by atoms with van der Waals surface area (Å²) in [6, 6.07) is 0. The third-order valence-electron chi connectivity index (χ3n) is 13.6. The maximum atomic E-state index is 11.6. The van der Waals surface area contributed by atoms with Gasteiger partial charge in [-0.3, -0.25) is 4.79 Å². The number of carbonyl (C=O) groups is 1. The first-order valence-corrected chi connectivity index (χ1v) is 14.9. The molecule has 0 aromatic carbocycles. The van der Waals surface area contributed by atoms with Gasteiger partial charge in [-0.05, 0) is 97.2 Å². The summed E-state index contributed by atoms with van der Waals surface area (Å²) in [7, 11) is 0. The van der Waals surface area contributed by atoms with Gasteiger partial charge in [0.1, 0.15) is 0 Å². The zero-order valence-corrected chi connectivity index (χ0v) is 24.4. The Labute approximate surface area is 224 Å². The summed E-state index contributed by atoms with van der Waals surface area (Å²) in [6.45, 7) is 16.2. The van der Waals surface area contributed by atoms with Crippen molar-refractivity contribution < 1.29 is 24.9 Å². The van der Waals surface area contributed by atoms with Gasteiger partial charge in [-0.25, -0.2) is 0 Å². The Balaban J connectivity index is 1.53. The van der Waals surface area contributed by atoms with Crippen molar-refractivity contribution in [2.45, 2.75) is 118 Å². The van der Waals surface area contributed by atoms with Crippen LogP contribution in [0.15, 0.2) is 11.6 Å². The number of rotatable bonds is 3. The molecule has 0 heterocycles. The molecule has 0 amide bonds. The highest BCUT2D eigenvalue weighted by atomic mass is 16.5. The zero-order chi connectivity index (χ0) is 27.2. The number of ether oxygens (including phenoxy) is 1. The number of fused-ring (bicyclic) bond motifs is 7. The average Bonchev–Trinajstić information content (AvgIpc) is 2.83. The summed E-state index contributed by atoms with van der Waals surface area (Å²) in [5.41, 5.74) is 1.35. The number of hydrogen-bond acceptors (Lipinski definition) is 5. The quantitative estimate of drug-likeness (QED) is 0.333. The molecular weight excluding hydrogens is 464 g/mol. The van der Waals surface area contributed by atoms with Gasteiger partial charge in [-0.15, -0.1) is 0 Å². The van der Waals surface area contributed by atoms with E-state index in [1.165, 1.54) is 26.2 Å². The third kappa shape index (κ3) is 3.69. The number of aliphatic hydroxyl groups excluding tert-OH is 3. The molecule has 0 aromatic rings. The molecule has 37 heavy (non-hydrogen) atoms. The fraction of sp³-hybridized carbons (Fsp3) is 0.906. The van der Waals surface area contributed by atoms with Gasteiger partial charge < -0.3 is 20.1 Å². The second-order valence-electron chi connectivity index (χ2n) is 15.7. The van der Waals surface area contributed by atoms with Crippen LogP contribution in [0.4, 0.5) is 0 Å². The summed E-state index contributed by atoms with van der Waals surface area (Å²) in [4.78, 5) is 11.6. The smallest absolute Gasteiger partial charge is 0.302 e.